The minimum atomic E-state index is 0.0963. The van der Waals surface area contributed by atoms with Crippen LogP contribution in [-0.4, -0.2) is 45.9 Å². The lowest BCUT2D eigenvalue weighted by Crippen LogP contribution is -2.36. The first-order chi connectivity index (χ1) is 10.9. The molecule has 3 heterocycles. The summed E-state index contributed by atoms with van der Waals surface area (Å²) >= 11 is 1.86. The molecule has 0 bridgehead atoms. The van der Waals surface area contributed by atoms with E-state index in [1.54, 1.807) is 19.0 Å². The summed E-state index contributed by atoms with van der Waals surface area (Å²) in [5.41, 5.74) is 0.874. The fourth-order valence-electron chi connectivity index (χ4n) is 2.98. The van der Waals surface area contributed by atoms with Crippen LogP contribution in [-0.2, 0) is 24.3 Å². The van der Waals surface area contributed by atoms with Gasteiger partial charge in [0.25, 0.3) is 0 Å². The van der Waals surface area contributed by atoms with Crippen LogP contribution in [0.4, 0.5) is 0 Å². The Labute approximate surface area is 141 Å². The van der Waals surface area contributed by atoms with Gasteiger partial charge in [0, 0.05) is 49.7 Å². The summed E-state index contributed by atoms with van der Waals surface area (Å²) in [6.45, 7) is 7.28. The molecule has 0 spiro atoms. The third-order valence-electron chi connectivity index (χ3n) is 4.39. The summed E-state index contributed by atoms with van der Waals surface area (Å²) in [4.78, 5) is 23.4. The molecule has 23 heavy (non-hydrogen) atoms. The number of fused-ring (bicyclic) bond motifs is 1. The van der Waals surface area contributed by atoms with Crippen LogP contribution in [0.25, 0.3) is 0 Å². The molecule has 5 nitrogen and oxygen atoms in total. The first kappa shape index (κ1) is 16.2. The number of hydrogen-bond donors (Lipinski definition) is 0. The van der Waals surface area contributed by atoms with Gasteiger partial charge in [0.2, 0.25) is 5.91 Å². The molecule has 0 aromatic carbocycles. The first-order valence-corrected chi connectivity index (χ1v) is 8.81. The SMILES string of the molecule is Cc1ccc(CN2CCn3cc(CC(=O)N(C)C)nc3[C@H]2C)s1. The number of rotatable bonds is 4. The number of carbonyl (C=O) groups excluding carboxylic acids is 1. The number of aryl methyl sites for hydroxylation is 1. The largest absolute Gasteiger partial charge is 0.348 e. The fraction of sp³-hybridized carbons (Fsp3) is 0.529. The minimum absolute atomic E-state index is 0.0963. The minimum Gasteiger partial charge on any atom is -0.348 e. The lowest BCUT2D eigenvalue weighted by atomic mass is 10.2. The van der Waals surface area contributed by atoms with E-state index in [1.807, 2.05) is 17.5 Å². The lowest BCUT2D eigenvalue weighted by Gasteiger charge is -2.33. The van der Waals surface area contributed by atoms with Gasteiger partial charge in [-0.1, -0.05) is 0 Å². The van der Waals surface area contributed by atoms with Crippen molar-refractivity contribution in [3.8, 4) is 0 Å². The Bertz CT molecular complexity index is 703. The van der Waals surface area contributed by atoms with E-state index in [-0.39, 0.29) is 11.9 Å². The van der Waals surface area contributed by atoms with E-state index in [1.165, 1.54) is 9.75 Å². The molecule has 0 aliphatic carbocycles. The monoisotopic (exact) mass is 332 g/mol. The van der Waals surface area contributed by atoms with Crippen LogP contribution in [0.2, 0.25) is 0 Å². The zero-order chi connectivity index (χ0) is 16.6. The van der Waals surface area contributed by atoms with Crippen LogP contribution < -0.4 is 0 Å². The van der Waals surface area contributed by atoms with Gasteiger partial charge in [-0.15, -0.1) is 11.3 Å². The van der Waals surface area contributed by atoms with Gasteiger partial charge in [-0.05, 0) is 26.0 Å². The molecule has 0 unspecified atom stereocenters. The van der Waals surface area contributed by atoms with Crippen LogP contribution in [0.5, 0.6) is 0 Å². The summed E-state index contributed by atoms with van der Waals surface area (Å²) in [7, 11) is 3.57. The maximum Gasteiger partial charge on any atom is 0.228 e. The van der Waals surface area contributed by atoms with Crippen molar-refractivity contribution in [2.24, 2.45) is 0 Å². The maximum atomic E-state index is 11.9. The predicted molar refractivity (Wildman–Crippen MR) is 92.5 cm³/mol. The van der Waals surface area contributed by atoms with E-state index in [0.717, 1.165) is 31.2 Å². The average Bonchev–Trinajstić information content (AvgIpc) is 3.08. The Morgan fingerprint density at radius 3 is 2.83 bits per heavy atom. The Balaban J connectivity index is 1.73. The van der Waals surface area contributed by atoms with Gasteiger partial charge >= 0.3 is 0 Å². The number of thiophene rings is 1. The third-order valence-corrected chi connectivity index (χ3v) is 5.38. The van der Waals surface area contributed by atoms with Gasteiger partial charge in [0.05, 0.1) is 18.2 Å². The summed E-state index contributed by atoms with van der Waals surface area (Å²) in [5.74, 6) is 1.17. The van der Waals surface area contributed by atoms with Crippen molar-refractivity contribution < 1.29 is 4.79 Å². The van der Waals surface area contributed by atoms with E-state index >= 15 is 0 Å². The Kier molecular flexibility index (Phi) is 4.55. The van der Waals surface area contributed by atoms with E-state index in [2.05, 4.69) is 35.4 Å². The van der Waals surface area contributed by atoms with Gasteiger partial charge in [-0.25, -0.2) is 4.98 Å². The number of nitrogens with zero attached hydrogens (tertiary/aromatic N) is 4. The Morgan fingerprint density at radius 2 is 2.17 bits per heavy atom. The molecular weight excluding hydrogens is 308 g/mol. The van der Waals surface area contributed by atoms with Crippen LogP contribution in [0.3, 0.4) is 0 Å². The zero-order valence-electron chi connectivity index (χ0n) is 14.2. The molecule has 6 heteroatoms. The second-order valence-corrected chi connectivity index (χ2v) is 7.78. The quantitative estimate of drug-likeness (QED) is 0.864. The van der Waals surface area contributed by atoms with Crippen LogP contribution in [0.1, 0.15) is 34.2 Å². The molecule has 0 saturated heterocycles. The molecule has 0 radical (unpaired) electrons. The summed E-state index contributed by atoms with van der Waals surface area (Å²) < 4.78 is 2.21. The van der Waals surface area contributed by atoms with E-state index in [9.17, 15) is 4.79 Å². The van der Waals surface area contributed by atoms with Crippen LogP contribution >= 0.6 is 11.3 Å². The van der Waals surface area contributed by atoms with Gasteiger partial charge in [-0.2, -0.15) is 0 Å². The molecule has 0 saturated carbocycles. The highest BCUT2D eigenvalue weighted by molar-refractivity contribution is 7.11. The molecule has 1 amide bonds. The molecule has 0 fully saturated rings. The maximum absolute atomic E-state index is 11.9. The van der Waals surface area contributed by atoms with Gasteiger partial charge in [0.15, 0.2) is 0 Å². The van der Waals surface area contributed by atoms with Gasteiger partial charge in [-0.3, -0.25) is 9.69 Å². The molecule has 1 atom stereocenters. The first-order valence-electron chi connectivity index (χ1n) is 7.99. The average molecular weight is 332 g/mol. The number of amides is 1. The van der Waals surface area contributed by atoms with Crippen molar-refractivity contribution in [2.45, 2.75) is 39.4 Å². The fourth-order valence-corrected chi connectivity index (χ4v) is 3.89. The number of imidazole rings is 1. The molecule has 3 rings (SSSR count). The summed E-state index contributed by atoms with van der Waals surface area (Å²) in [6.07, 6.45) is 2.42. The van der Waals surface area contributed by atoms with Crippen molar-refractivity contribution in [3.05, 3.63) is 39.6 Å². The normalized spacial score (nSPS) is 18.0. The highest BCUT2D eigenvalue weighted by atomic mass is 32.1. The van der Waals surface area contributed by atoms with E-state index in [0.29, 0.717) is 6.42 Å². The highest BCUT2D eigenvalue weighted by Gasteiger charge is 2.27. The number of hydrogen-bond acceptors (Lipinski definition) is 4. The highest BCUT2D eigenvalue weighted by Crippen LogP contribution is 2.28. The van der Waals surface area contributed by atoms with Crippen molar-refractivity contribution in [1.29, 1.82) is 0 Å². The van der Waals surface area contributed by atoms with Crippen molar-refractivity contribution in [3.63, 3.8) is 0 Å². The zero-order valence-corrected chi connectivity index (χ0v) is 15.1. The number of carbonyl (C=O) groups is 1. The van der Waals surface area contributed by atoms with Crippen LogP contribution in [0, 0.1) is 6.92 Å². The van der Waals surface area contributed by atoms with Crippen molar-refractivity contribution in [1.82, 2.24) is 19.4 Å². The van der Waals surface area contributed by atoms with Gasteiger partial charge < -0.3 is 9.47 Å². The molecule has 0 N–H and O–H groups in total. The summed E-state index contributed by atoms with van der Waals surface area (Å²) in [6, 6.07) is 4.67. The summed E-state index contributed by atoms with van der Waals surface area (Å²) in [5, 5.41) is 0. The molecule has 2 aromatic rings. The predicted octanol–water partition coefficient (Wildman–Crippen LogP) is 2.46. The Hall–Kier alpha value is -1.66. The molecule has 124 valence electrons. The van der Waals surface area contributed by atoms with Crippen molar-refractivity contribution in [2.75, 3.05) is 20.6 Å². The van der Waals surface area contributed by atoms with Crippen LogP contribution in [0.15, 0.2) is 18.3 Å². The lowest BCUT2D eigenvalue weighted by molar-refractivity contribution is -0.128. The number of likely N-dealkylation sites (N-methyl/N-ethyl adjacent to an activating group) is 1. The van der Waals surface area contributed by atoms with E-state index < -0.39 is 0 Å². The molecule has 1 aliphatic heterocycles. The topological polar surface area (TPSA) is 41.4 Å². The molecule has 2 aromatic heterocycles. The van der Waals surface area contributed by atoms with Crippen molar-refractivity contribution >= 4 is 17.2 Å². The second-order valence-electron chi connectivity index (χ2n) is 6.41. The second kappa shape index (κ2) is 6.45. The smallest absolute Gasteiger partial charge is 0.228 e. The number of aromatic nitrogens is 2. The standard InChI is InChI=1S/C17H24N4OS/c1-12-5-6-15(23-12)11-20-7-8-21-10-14(9-16(22)19(3)4)18-17(21)13(20)2/h5-6,10,13H,7-9,11H2,1-4H3/t13-/m1/s1. The molecular formula is C17H24N4OS. The van der Waals surface area contributed by atoms with E-state index in [4.69, 9.17) is 4.98 Å². The molecule has 1 aliphatic rings. The van der Waals surface area contributed by atoms with Gasteiger partial charge in [0.1, 0.15) is 5.82 Å². The third kappa shape index (κ3) is 3.48. The Morgan fingerprint density at radius 1 is 1.39 bits per heavy atom.